The number of nitrogens with zero attached hydrogens (tertiary/aromatic N) is 5. The van der Waals surface area contributed by atoms with Crippen LogP contribution in [0.1, 0.15) is 22.9 Å². The Bertz CT molecular complexity index is 1200. The number of hydrogen-bond acceptors (Lipinski definition) is 8. The molecule has 4 heterocycles. The molecule has 3 N–H and O–H groups in total. The van der Waals surface area contributed by atoms with Crippen LogP contribution in [-0.2, 0) is 45.3 Å². The molecule has 21 heteroatoms. The van der Waals surface area contributed by atoms with E-state index in [1.165, 1.54) is 11.5 Å². The maximum Gasteiger partial charge on any atom is 0.490 e. The van der Waals surface area contributed by atoms with Crippen molar-refractivity contribution in [3.05, 3.63) is 47.3 Å². The van der Waals surface area contributed by atoms with Crippen molar-refractivity contribution < 1.29 is 74.0 Å². The number of fused-ring (bicyclic) bond motifs is 1. The Labute approximate surface area is 248 Å². The minimum Gasteiger partial charge on any atom is -0.475 e. The molecule has 1 saturated heterocycles. The fraction of sp³-hybridized carbons (Fsp3) is 0.542. The average molecular weight is 669 g/mol. The number of carboxylic acid groups (broad SMARTS) is 3. The first kappa shape index (κ1) is 39.0. The van der Waals surface area contributed by atoms with Gasteiger partial charge in [-0.1, -0.05) is 6.07 Å². The van der Waals surface area contributed by atoms with Gasteiger partial charge in [0.15, 0.2) is 0 Å². The van der Waals surface area contributed by atoms with Gasteiger partial charge in [0.2, 0.25) is 0 Å². The van der Waals surface area contributed by atoms with Gasteiger partial charge in [0, 0.05) is 51.2 Å². The van der Waals surface area contributed by atoms with E-state index in [0.29, 0.717) is 0 Å². The number of imidazole rings is 1. The molecule has 0 aliphatic carbocycles. The van der Waals surface area contributed by atoms with E-state index >= 15 is 0 Å². The number of ether oxygens (including phenoxy) is 1. The molecular weight excluding hydrogens is 641 g/mol. The monoisotopic (exact) mass is 669 g/mol. The van der Waals surface area contributed by atoms with Gasteiger partial charge in [0.05, 0.1) is 31.1 Å². The second-order valence-corrected chi connectivity index (χ2v) is 9.12. The maximum absolute atomic E-state index is 10.6. The zero-order valence-corrected chi connectivity index (χ0v) is 23.3. The van der Waals surface area contributed by atoms with E-state index in [2.05, 4.69) is 37.7 Å². The number of halogens is 9. The van der Waals surface area contributed by atoms with Crippen molar-refractivity contribution >= 4 is 17.9 Å². The van der Waals surface area contributed by atoms with Crippen LogP contribution in [0.5, 0.6) is 0 Å². The highest BCUT2D eigenvalue weighted by molar-refractivity contribution is 5.73. The highest BCUT2D eigenvalue weighted by Crippen LogP contribution is 2.17. The first-order valence-corrected chi connectivity index (χ1v) is 12.5. The Balaban J connectivity index is 0.000000396. The van der Waals surface area contributed by atoms with Gasteiger partial charge in [-0.3, -0.25) is 14.8 Å². The minimum absolute atomic E-state index is 0.838. The lowest BCUT2D eigenvalue weighted by Gasteiger charge is -2.27. The average Bonchev–Trinajstić information content (AvgIpc) is 3.30. The summed E-state index contributed by atoms with van der Waals surface area (Å²) in [7, 11) is 0. The molecule has 2 aromatic rings. The summed E-state index contributed by atoms with van der Waals surface area (Å²) < 4.78 is 103. The first-order chi connectivity index (χ1) is 20.6. The molecule has 0 amide bonds. The second-order valence-electron chi connectivity index (χ2n) is 9.12. The number of pyridine rings is 1. The number of hydrogen-bond donors (Lipinski definition) is 3. The van der Waals surface area contributed by atoms with Gasteiger partial charge in [-0.05, 0) is 19.1 Å². The lowest BCUT2D eigenvalue weighted by atomic mass is 10.2. The van der Waals surface area contributed by atoms with Gasteiger partial charge in [0.1, 0.15) is 5.82 Å². The van der Waals surface area contributed by atoms with Crippen molar-refractivity contribution in [2.45, 2.75) is 51.6 Å². The molecule has 0 saturated carbocycles. The van der Waals surface area contributed by atoms with Crippen molar-refractivity contribution in [1.82, 2.24) is 24.3 Å². The third kappa shape index (κ3) is 15.5. The van der Waals surface area contributed by atoms with Crippen LogP contribution in [-0.4, -0.2) is 109 Å². The molecule has 0 spiro atoms. The number of morpholine rings is 1. The zero-order chi connectivity index (χ0) is 34.6. The molecule has 0 atom stereocenters. The summed E-state index contributed by atoms with van der Waals surface area (Å²) in [5.74, 6) is -7.09. The molecule has 2 aromatic heterocycles. The SMILES string of the molecule is Cc1cccc(CN2CCn3cc(CN4CCOCC4)nc3C2)n1.O=C(O)C(F)(F)F.O=C(O)C(F)(F)F.O=C(O)C(F)(F)F. The van der Waals surface area contributed by atoms with E-state index in [0.717, 1.165) is 70.4 Å². The fourth-order valence-electron chi connectivity index (χ4n) is 3.48. The molecule has 2 aliphatic rings. The van der Waals surface area contributed by atoms with E-state index < -0.39 is 36.4 Å². The van der Waals surface area contributed by atoms with Crippen molar-refractivity contribution in [3.8, 4) is 0 Å². The molecule has 45 heavy (non-hydrogen) atoms. The Kier molecular flexibility index (Phi) is 14.7. The van der Waals surface area contributed by atoms with Crippen LogP contribution >= 0.6 is 0 Å². The van der Waals surface area contributed by atoms with Crippen molar-refractivity contribution in [2.24, 2.45) is 0 Å². The summed E-state index contributed by atoms with van der Waals surface area (Å²) in [5.41, 5.74) is 3.41. The van der Waals surface area contributed by atoms with Crippen LogP contribution in [0.4, 0.5) is 39.5 Å². The van der Waals surface area contributed by atoms with Crippen LogP contribution in [0.25, 0.3) is 0 Å². The molecular formula is C24H28F9N5O7. The summed E-state index contributed by atoms with van der Waals surface area (Å²) >= 11 is 0. The molecule has 4 rings (SSSR count). The minimum atomic E-state index is -5.08. The van der Waals surface area contributed by atoms with E-state index in [1.807, 2.05) is 13.0 Å². The Hall–Kier alpha value is -3.98. The van der Waals surface area contributed by atoms with Crippen molar-refractivity contribution in [2.75, 3.05) is 32.8 Å². The number of aromatic nitrogens is 3. The Morgan fingerprint density at radius 2 is 1.20 bits per heavy atom. The Morgan fingerprint density at radius 1 is 0.733 bits per heavy atom. The molecule has 254 valence electrons. The van der Waals surface area contributed by atoms with Gasteiger partial charge >= 0.3 is 36.4 Å². The zero-order valence-electron chi connectivity index (χ0n) is 23.3. The largest absolute Gasteiger partial charge is 0.490 e. The molecule has 0 radical (unpaired) electrons. The summed E-state index contributed by atoms with van der Waals surface area (Å²) in [4.78, 5) is 41.0. The van der Waals surface area contributed by atoms with E-state index in [-0.39, 0.29) is 0 Å². The van der Waals surface area contributed by atoms with E-state index in [4.69, 9.17) is 39.4 Å². The lowest BCUT2D eigenvalue weighted by Crippen LogP contribution is -2.35. The predicted molar refractivity (Wildman–Crippen MR) is 132 cm³/mol. The number of alkyl halides is 9. The molecule has 0 bridgehead atoms. The van der Waals surface area contributed by atoms with Gasteiger partial charge < -0.3 is 24.6 Å². The normalized spacial score (nSPS) is 15.6. The van der Waals surface area contributed by atoms with Gasteiger partial charge in [0.25, 0.3) is 0 Å². The van der Waals surface area contributed by atoms with Crippen LogP contribution < -0.4 is 0 Å². The summed E-state index contributed by atoms with van der Waals surface area (Å²) in [6.45, 7) is 10.5. The molecule has 2 aliphatic heterocycles. The highest BCUT2D eigenvalue weighted by Gasteiger charge is 2.39. The third-order valence-electron chi connectivity index (χ3n) is 5.48. The van der Waals surface area contributed by atoms with Crippen molar-refractivity contribution in [3.63, 3.8) is 0 Å². The van der Waals surface area contributed by atoms with Crippen LogP contribution in [0, 0.1) is 6.92 Å². The standard InChI is InChI=1S/C18H25N5O.3C2HF3O2/c1-15-3-2-4-16(19-15)11-22-5-6-23-13-17(20-18(23)14-22)12-21-7-9-24-10-8-21;3*3-2(4,5)1(6)7/h2-4,13H,5-12,14H2,1H3;3*(H,6,7). The van der Waals surface area contributed by atoms with E-state index in [1.54, 1.807) is 0 Å². The molecule has 12 nitrogen and oxygen atoms in total. The summed E-state index contributed by atoms with van der Waals surface area (Å²) in [6, 6.07) is 6.24. The van der Waals surface area contributed by atoms with Gasteiger partial charge in [-0.25, -0.2) is 19.4 Å². The first-order valence-electron chi connectivity index (χ1n) is 12.5. The maximum atomic E-state index is 10.6. The lowest BCUT2D eigenvalue weighted by molar-refractivity contribution is -0.193. The quantitative estimate of drug-likeness (QED) is 0.410. The summed E-state index contributed by atoms with van der Waals surface area (Å²) in [5, 5.41) is 21.4. The second kappa shape index (κ2) is 16.9. The molecule has 1 fully saturated rings. The van der Waals surface area contributed by atoms with Crippen molar-refractivity contribution in [1.29, 1.82) is 0 Å². The number of aliphatic carboxylic acids is 3. The topological polar surface area (TPSA) is 158 Å². The van der Waals surface area contributed by atoms with Gasteiger partial charge in [-0.2, -0.15) is 39.5 Å². The fourth-order valence-corrected chi connectivity index (χ4v) is 3.48. The van der Waals surface area contributed by atoms with Crippen LogP contribution in [0.15, 0.2) is 24.4 Å². The third-order valence-corrected chi connectivity index (χ3v) is 5.48. The Morgan fingerprint density at radius 3 is 1.64 bits per heavy atom. The number of carbonyl (C=O) groups is 3. The number of carboxylic acids is 3. The molecule has 0 unspecified atom stereocenters. The smallest absolute Gasteiger partial charge is 0.475 e. The van der Waals surface area contributed by atoms with Gasteiger partial charge in [-0.15, -0.1) is 0 Å². The highest BCUT2D eigenvalue weighted by atomic mass is 19.4. The number of rotatable bonds is 4. The summed E-state index contributed by atoms with van der Waals surface area (Å²) in [6.07, 6.45) is -13.0. The van der Waals surface area contributed by atoms with E-state index in [9.17, 15) is 39.5 Å². The van der Waals surface area contributed by atoms with Crippen LogP contribution in [0.2, 0.25) is 0 Å². The number of aryl methyl sites for hydroxylation is 1. The molecule has 0 aromatic carbocycles. The van der Waals surface area contributed by atoms with Crippen LogP contribution in [0.3, 0.4) is 0 Å². The predicted octanol–water partition coefficient (Wildman–Crippen LogP) is 3.33.